The molecular formula is C20H23N3. The summed E-state index contributed by atoms with van der Waals surface area (Å²) in [6.07, 6.45) is 4.44. The molecule has 0 spiro atoms. The van der Waals surface area contributed by atoms with Gasteiger partial charge in [0.2, 0.25) is 0 Å². The number of nitrogens with one attached hydrogen (secondary N) is 1. The molecule has 1 aromatic heterocycles. The molecule has 0 bridgehead atoms. The summed E-state index contributed by atoms with van der Waals surface area (Å²) in [4.78, 5) is 7.09. The number of piperidine rings is 1. The average Bonchev–Trinajstić information content (AvgIpc) is 2.60. The lowest BCUT2D eigenvalue weighted by Gasteiger charge is -2.33. The summed E-state index contributed by atoms with van der Waals surface area (Å²) in [6, 6.07) is 15.6. The van der Waals surface area contributed by atoms with E-state index in [4.69, 9.17) is 0 Å². The number of likely N-dealkylation sites (N-methyl/N-ethyl adjacent to an activating group) is 1. The molecule has 3 heteroatoms. The van der Waals surface area contributed by atoms with Crippen molar-refractivity contribution in [2.45, 2.75) is 25.8 Å². The maximum atomic E-state index is 4.57. The van der Waals surface area contributed by atoms with E-state index >= 15 is 0 Å². The smallest absolute Gasteiger partial charge is 0.0729 e. The largest absolute Gasteiger partial charge is 0.380 e. The van der Waals surface area contributed by atoms with E-state index in [2.05, 4.69) is 64.6 Å². The van der Waals surface area contributed by atoms with Crippen LogP contribution < -0.4 is 5.32 Å². The van der Waals surface area contributed by atoms with Gasteiger partial charge in [-0.25, -0.2) is 0 Å². The molecule has 1 aliphatic rings. The van der Waals surface area contributed by atoms with E-state index < -0.39 is 0 Å². The maximum absolute atomic E-state index is 4.57. The standard InChI is InChI=1S/C20H23N3/c1-2-23-11-5-8-17(14-23)22-19-9-10-21-20-13-16-7-4-3-6-15(16)12-18(19)20/h3-4,6-7,9-10,12-13,17H,2,5,8,11,14H2,1H3,(H,21,22)/t17-/m1/s1. The van der Waals surface area contributed by atoms with Gasteiger partial charge in [0.15, 0.2) is 0 Å². The zero-order valence-electron chi connectivity index (χ0n) is 13.6. The molecule has 0 unspecified atom stereocenters. The van der Waals surface area contributed by atoms with Crippen molar-refractivity contribution < 1.29 is 0 Å². The Hall–Kier alpha value is -2.13. The Kier molecular flexibility index (Phi) is 3.88. The van der Waals surface area contributed by atoms with Crippen molar-refractivity contribution in [1.29, 1.82) is 0 Å². The summed E-state index contributed by atoms with van der Waals surface area (Å²) in [7, 11) is 0. The second-order valence-corrected chi connectivity index (χ2v) is 6.45. The minimum Gasteiger partial charge on any atom is -0.380 e. The second-order valence-electron chi connectivity index (χ2n) is 6.45. The Bertz CT molecular complexity index is 827. The van der Waals surface area contributed by atoms with Gasteiger partial charge in [0.25, 0.3) is 0 Å². The van der Waals surface area contributed by atoms with Crippen LogP contribution in [0.4, 0.5) is 5.69 Å². The number of anilines is 1. The fourth-order valence-corrected chi connectivity index (χ4v) is 3.64. The number of benzene rings is 2. The van der Waals surface area contributed by atoms with E-state index in [1.807, 2.05) is 6.20 Å². The first kappa shape index (κ1) is 14.5. The minimum atomic E-state index is 0.528. The SMILES string of the molecule is CCN1CCC[C@@H](Nc2ccnc3cc4ccccc4cc23)C1. The summed E-state index contributed by atoms with van der Waals surface area (Å²) >= 11 is 0. The molecule has 23 heavy (non-hydrogen) atoms. The molecule has 4 rings (SSSR count). The third-order valence-corrected chi connectivity index (χ3v) is 4.92. The molecule has 0 aliphatic carbocycles. The molecule has 118 valence electrons. The summed E-state index contributed by atoms with van der Waals surface area (Å²) in [5, 5.41) is 7.52. The third-order valence-electron chi connectivity index (χ3n) is 4.92. The highest BCUT2D eigenvalue weighted by atomic mass is 15.2. The molecular weight excluding hydrogens is 282 g/mol. The van der Waals surface area contributed by atoms with Crippen molar-refractivity contribution in [3.05, 3.63) is 48.7 Å². The minimum absolute atomic E-state index is 0.528. The van der Waals surface area contributed by atoms with E-state index in [1.165, 1.54) is 41.2 Å². The van der Waals surface area contributed by atoms with Crippen LogP contribution in [0.3, 0.4) is 0 Å². The molecule has 0 radical (unpaired) electrons. The van der Waals surface area contributed by atoms with Crippen molar-refractivity contribution >= 4 is 27.4 Å². The van der Waals surface area contributed by atoms with E-state index in [0.717, 1.165) is 18.6 Å². The van der Waals surface area contributed by atoms with Crippen LogP contribution in [0, 0.1) is 0 Å². The summed E-state index contributed by atoms with van der Waals surface area (Å²) in [5.41, 5.74) is 2.28. The first-order valence-electron chi connectivity index (χ1n) is 8.60. The Morgan fingerprint density at radius 1 is 1.17 bits per heavy atom. The monoisotopic (exact) mass is 305 g/mol. The number of hydrogen-bond donors (Lipinski definition) is 1. The first-order chi connectivity index (χ1) is 11.3. The quantitative estimate of drug-likeness (QED) is 0.732. The normalized spacial score (nSPS) is 19.3. The molecule has 0 amide bonds. The van der Waals surface area contributed by atoms with Crippen molar-refractivity contribution in [3.63, 3.8) is 0 Å². The highest BCUT2D eigenvalue weighted by molar-refractivity contribution is 6.01. The van der Waals surface area contributed by atoms with Crippen LogP contribution in [-0.2, 0) is 0 Å². The lowest BCUT2D eigenvalue weighted by Crippen LogP contribution is -2.41. The lowest BCUT2D eigenvalue weighted by atomic mass is 10.0. The molecule has 1 saturated heterocycles. The Balaban J connectivity index is 1.70. The molecule has 1 atom stereocenters. The summed E-state index contributed by atoms with van der Waals surface area (Å²) in [6.45, 7) is 5.75. The van der Waals surface area contributed by atoms with E-state index in [9.17, 15) is 0 Å². The molecule has 1 N–H and O–H groups in total. The van der Waals surface area contributed by atoms with Gasteiger partial charge in [0.05, 0.1) is 5.52 Å². The van der Waals surface area contributed by atoms with E-state index in [-0.39, 0.29) is 0 Å². The van der Waals surface area contributed by atoms with E-state index in [0.29, 0.717) is 6.04 Å². The lowest BCUT2D eigenvalue weighted by molar-refractivity contribution is 0.227. The number of aromatic nitrogens is 1. The average molecular weight is 305 g/mol. The number of fused-ring (bicyclic) bond motifs is 2. The molecule has 1 fully saturated rings. The number of nitrogens with zero attached hydrogens (tertiary/aromatic N) is 2. The first-order valence-corrected chi connectivity index (χ1v) is 8.60. The number of rotatable bonds is 3. The van der Waals surface area contributed by atoms with Gasteiger partial charge in [-0.15, -0.1) is 0 Å². The van der Waals surface area contributed by atoms with Gasteiger partial charge in [0.1, 0.15) is 0 Å². The predicted molar refractivity (Wildman–Crippen MR) is 98.0 cm³/mol. The van der Waals surface area contributed by atoms with Gasteiger partial charge in [-0.2, -0.15) is 0 Å². The van der Waals surface area contributed by atoms with Crippen molar-refractivity contribution in [1.82, 2.24) is 9.88 Å². The summed E-state index contributed by atoms with van der Waals surface area (Å²) < 4.78 is 0. The van der Waals surface area contributed by atoms with Crippen molar-refractivity contribution in [3.8, 4) is 0 Å². The van der Waals surface area contributed by atoms with Crippen molar-refractivity contribution in [2.24, 2.45) is 0 Å². The van der Waals surface area contributed by atoms with Gasteiger partial charge in [-0.1, -0.05) is 31.2 Å². The maximum Gasteiger partial charge on any atom is 0.0729 e. The molecule has 2 heterocycles. The van der Waals surface area contributed by atoms with Crippen LogP contribution in [0.5, 0.6) is 0 Å². The highest BCUT2D eigenvalue weighted by Crippen LogP contribution is 2.28. The Morgan fingerprint density at radius 3 is 2.83 bits per heavy atom. The summed E-state index contributed by atoms with van der Waals surface area (Å²) in [5.74, 6) is 0. The van der Waals surface area contributed by atoms with Gasteiger partial charge in [-0.05, 0) is 54.9 Å². The molecule has 0 saturated carbocycles. The number of likely N-dealkylation sites (tertiary alicyclic amines) is 1. The van der Waals surface area contributed by atoms with Gasteiger partial charge in [-0.3, -0.25) is 4.98 Å². The van der Waals surface area contributed by atoms with Crippen LogP contribution in [0.25, 0.3) is 21.7 Å². The zero-order chi connectivity index (χ0) is 15.6. The van der Waals surface area contributed by atoms with E-state index in [1.54, 1.807) is 0 Å². The van der Waals surface area contributed by atoms with Crippen LogP contribution in [0.1, 0.15) is 19.8 Å². The van der Waals surface area contributed by atoms with Gasteiger partial charge < -0.3 is 10.2 Å². The van der Waals surface area contributed by atoms with Crippen LogP contribution in [0.2, 0.25) is 0 Å². The van der Waals surface area contributed by atoms with Crippen LogP contribution in [0.15, 0.2) is 48.7 Å². The zero-order valence-corrected chi connectivity index (χ0v) is 13.6. The van der Waals surface area contributed by atoms with Crippen LogP contribution >= 0.6 is 0 Å². The Morgan fingerprint density at radius 2 is 2.00 bits per heavy atom. The molecule has 3 nitrogen and oxygen atoms in total. The predicted octanol–water partition coefficient (Wildman–Crippen LogP) is 4.28. The van der Waals surface area contributed by atoms with Crippen LogP contribution in [-0.4, -0.2) is 35.6 Å². The third kappa shape index (κ3) is 2.89. The van der Waals surface area contributed by atoms with Crippen molar-refractivity contribution in [2.75, 3.05) is 25.0 Å². The molecule has 2 aromatic carbocycles. The molecule has 3 aromatic rings. The fourth-order valence-electron chi connectivity index (χ4n) is 3.64. The topological polar surface area (TPSA) is 28.2 Å². The van der Waals surface area contributed by atoms with Gasteiger partial charge >= 0.3 is 0 Å². The molecule has 1 aliphatic heterocycles. The van der Waals surface area contributed by atoms with Gasteiger partial charge in [0, 0.05) is 29.9 Å². The number of hydrogen-bond acceptors (Lipinski definition) is 3. The second kappa shape index (κ2) is 6.17. The number of pyridine rings is 1. The Labute approximate surface area is 137 Å². The highest BCUT2D eigenvalue weighted by Gasteiger charge is 2.19. The fraction of sp³-hybridized carbons (Fsp3) is 0.350.